The van der Waals surface area contributed by atoms with Crippen molar-refractivity contribution in [1.82, 2.24) is 15.2 Å². The van der Waals surface area contributed by atoms with Gasteiger partial charge in [0.05, 0.1) is 11.1 Å². The lowest BCUT2D eigenvalue weighted by Crippen LogP contribution is -2.41. The van der Waals surface area contributed by atoms with Crippen LogP contribution in [0, 0.1) is 0 Å². The van der Waals surface area contributed by atoms with Gasteiger partial charge in [0.1, 0.15) is 6.54 Å². The largest absolute Gasteiger partial charge is 0.354 e. The van der Waals surface area contributed by atoms with Crippen molar-refractivity contribution in [2.45, 2.75) is 6.42 Å². The summed E-state index contributed by atoms with van der Waals surface area (Å²) in [6.45, 7) is -0.121. The van der Waals surface area contributed by atoms with E-state index in [0.29, 0.717) is 23.1 Å². The third-order valence-electron chi connectivity index (χ3n) is 4.73. The molecule has 140 valence electrons. The maximum absolute atomic E-state index is 12.3. The van der Waals surface area contributed by atoms with Crippen LogP contribution in [0.4, 0.5) is 0 Å². The van der Waals surface area contributed by atoms with Gasteiger partial charge in [0.2, 0.25) is 5.91 Å². The van der Waals surface area contributed by atoms with Gasteiger partial charge in [0, 0.05) is 17.6 Å². The van der Waals surface area contributed by atoms with E-state index < -0.39 is 17.7 Å². The summed E-state index contributed by atoms with van der Waals surface area (Å²) in [7, 11) is 0. The fourth-order valence-corrected chi connectivity index (χ4v) is 3.30. The second-order valence-corrected chi connectivity index (χ2v) is 6.55. The molecule has 2 N–H and O–H groups in total. The molecule has 28 heavy (non-hydrogen) atoms. The van der Waals surface area contributed by atoms with Gasteiger partial charge in [-0.25, -0.2) is 0 Å². The fraction of sp³-hybridized carbons (Fsp3) is 0.143. The van der Waals surface area contributed by atoms with E-state index in [1.54, 1.807) is 30.3 Å². The highest BCUT2D eigenvalue weighted by Gasteiger charge is 2.36. The number of rotatable bonds is 5. The number of H-pyrrole nitrogens is 1. The molecule has 1 aliphatic rings. The van der Waals surface area contributed by atoms with Gasteiger partial charge in [0.15, 0.2) is 0 Å². The Balaban J connectivity index is 1.37. The minimum absolute atomic E-state index is 0.201. The summed E-state index contributed by atoms with van der Waals surface area (Å²) < 4.78 is 0. The maximum Gasteiger partial charge on any atom is 0.262 e. The Hall–Kier alpha value is -3.74. The zero-order valence-corrected chi connectivity index (χ0v) is 14.9. The van der Waals surface area contributed by atoms with Crippen LogP contribution in [-0.2, 0) is 11.2 Å². The molecule has 0 spiro atoms. The van der Waals surface area contributed by atoms with Crippen LogP contribution in [0.2, 0.25) is 0 Å². The first kappa shape index (κ1) is 17.7. The van der Waals surface area contributed by atoms with E-state index in [4.69, 9.17) is 0 Å². The number of carbonyl (C=O) groups is 3. The first-order chi connectivity index (χ1) is 13.5. The molecule has 2 heterocycles. The van der Waals surface area contributed by atoms with E-state index in [0.717, 1.165) is 15.8 Å². The molecule has 0 bridgehead atoms. The van der Waals surface area contributed by atoms with Crippen LogP contribution >= 0.6 is 0 Å². The summed E-state index contributed by atoms with van der Waals surface area (Å²) in [6, 6.07) is 15.7. The summed E-state index contributed by atoms with van der Waals surface area (Å²) in [6.07, 6.45) is 0.341. The smallest absolute Gasteiger partial charge is 0.262 e. The molecule has 0 saturated heterocycles. The number of benzene rings is 2. The molecule has 3 amide bonds. The number of nitrogens with one attached hydrogen (secondary N) is 2. The highest BCUT2D eigenvalue weighted by atomic mass is 16.2. The van der Waals surface area contributed by atoms with Crippen molar-refractivity contribution in [2.24, 2.45) is 0 Å². The summed E-state index contributed by atoms with van der Waals surface area (Å²) in [5.74, 6) is -1.39. The van der Waals surface area contributed by atoms with Crippen molar-refractivity contribution in [3.05, 3.63) is 81.6 Å². The Morgan fingerprint density at radius 2 is 1.57 bits per heavy atom. The number of para-hydroxylation sites is 1. The van der Waals surface area contributed by atoms with Crippen LogP contribution in [0.15, 0.2) is 59.4 Å². The van der Waals surface area contributed by atoms with Gasteiger partial charge >= 0.3 is 0 Å². The minimum atomic E-state index is -0.471. The molecular weight excluding hydrogens is 358 g/mol. The number of hydrogen-bond donors (Lipinski definition) is 2. The van der Waals surface area contributed by atoms with Crippen LogP contribution in [0.3, 0.4) is 0 Å². The number of aromatic nitrogens is 1. The molecule has 3 aromatic rings. The highest BCUT2D eigenvalue weighted by Crippen LogP contribution is 2.21. The quantitative estimate of drug-likeness (QED) is 0.660. The summed E-state index contributed by atoms with van der Waals surface area (Å²) >= 11 is 0. The van der Waals surface area contributed by atoms with Crippen molar-refractivity contribution in [2.75, 3.05) is 13.1 Å². The van der Waals surface area contributed by atoms with Gasteiger partial charge in [-0.15, -0.1) is 0 Å². The third-order valence-corrected chi connectivity index (χ3v) is 4.73. The van der Waals surface area contributed by atoms with Gasteiger partial charge in [-0.1, -0.05) is 30.3 Å². The van der Waals surface area contributed by atoms with Crippen LogP contribution in [0.25, 0.3) is 10.9 Å². The lowest BCUT2D eigenvalue weighted by Gasteiger charge is -2.13. The van der Waals surface area contributed by atoms with Crippen molar-refractivity contribution in [1.29, 1.82) is 0 Å². The van der Waals surface area contributed by atoms with Crippen molar-refractivity contribution >= 4 is 28.6 Å². The topological polar surface area (TPSA) is 99.3 Å². The van der Waals surface area contributed by atoms with E-state index in [2.05, 4.69) is 10.3 Å². The van der Waals surface area contributed by atoms with Gasteiger partial charge in [-0.05, 0) is 36.1 Å². The molecule has 0 aliphatic carbocycles. The van der Waals surface area contributed by atoms with Crippen molar-refractivity contribution in [3.8, 4) is 0 Å². The second-order valence-electron chi connectivity index (χ2n) is 6.55. The molecule has 7 nitrogen and oxygen atoms in total. The van der Waals surface area contributed by atoms with E-state index in [1.807, 2.05) is 24.3 Å². The van der Waals surface area contributed by atoms with Gasteiger partial charge in [-0.2, -0.15) is 0 Å². The Bertz CT molecular complexity index is 1130. The number of pyridine rings is 1. The number of fused-ring (bicyclic) bond motifs is 2. The van der Waals surface area contributed by atoms with Crippen molar-refractivity contribution in [3.63, 3.8) is 0 Å². The predicted octanol–water partition coefficient (Wildman–Crippen LogP) is 1.48. The second kappa shape index (κ2) is 7.11. The molecule has 0 atom stereocenters. The fourth-order valence-electron chi connectivity index (χ4n) is 3.30. The lowest BCUT2D eigenvalue weighted by atomic mass is 10.1. The average molecular weight is 375 g/mol. The summed E-state index contributed by atoms with van der Waals surface area (Å²) in [4.78, 5) is 52.6. The zero-order chi connectivity index (χ0) is 19.7. The molecule has 1 aliphatic heterocycles. The Kier molecular flexibility index (Phi) is 4.49. The number of hydrogen-bond acceptors (Lipinski definition) is 4. The molecule has 0 saturated carbocycles. The first-order valence-electron chi connectivity index (χ1n) is 8.87. The Labute approximate surface area is 160 Å². The zero-order valence-electron chi connectivity index (χ0n) is 14.9. The number of nitrogens with zero attached hydrogens (tertiary/aromatic N) is 1. The Morgan fingerprint density at radius 1 is 0.929 bits per heavy atom. The average Bonchev–Trinajstić information content (AvgIpc) is 2.93. The van der Waals surface area contributed by atoms with Crippen LogP contribution in [0.5, 0.6) is 0 Å². The van der Waals surface area contributed by atoms with Crippen LogP contribution in [-0.4, -0.2) is 40.7 Å². The monoisotopic (exact) mass is 375 g/mol. The molecule has 0 unspecified atom stereocenters. The minimum Gasteiger partial charge on any atom is -0.354 e. The number of aromatic amines is 1. The van der Waals surface area contributed by atoms with Gasteiger partial charge in [0.25, 0.3) is 17.4 Å². The SMILES string of the molecule is O=C(CN1C(=O)c2ccccc2C1=O)NCCc1cc2ccccc2[nH]c1=O. The molecule has 1 aromatic heterocycles. The first-order valence-corrected chi connectivity index (χ1v) is 8.87. The molecule has 0 fully saturated rings. The highest BCUT2D eigenvalue weighted by molar-refractivity contribution is 6.22. The normalized spacial score (nSPS) is 13.1. The number of amides is 3. The van der Waals surface area contributed by atoms with Crippen molar-refractivity contribution < 1.29 is 14.4 Å². The van der Waals surface area contributed by atoms with E-state index in [1.165, 1.54) is 0 Å². The standard InChI is InChI=1S/C21H17N3O4/c25-18(12-24-20(27)15-6-2-3-7-16(15)21(24)28)22-10-9-14-11-13-5-1-4-8-17(13)23-19(14)26/h1-8,11H,9-10,12H2,(H,22,25)(H,23,26). The van der Waals surface area contributed by atoms with E-state index in [9.17, 15) is 19.2 Å². The predicted molar refractivity (Wildman–Crippen MR) is 103 cm³/mol. The van der Waals surface area contributed by atoms with Gasteiger partial charge in [-0.3, -0.25) is 24.1 Å². The van der Waals surface area contributed by atoms with E-state index in [-0.39, 0.29) is 18.6 Å². The number of imide groups is 1. The van der Waals surface area contributed by atoms with E-state index >= 15 is 0 Å². The molecule has 7 heteroatoms. The van der Waals surface area contributed by atoms with Crippen LogP contribution in [0.1, 0.15) is 26.3 Å². The molecular formula is C21H17N3O4. The molecule has 4 rings (SSSR count). The summed E-state index contributed by atoms with van der Waals surface area (Å²) in [5.41, 5.74) is 1.73. The van der Waals surface area contributed by atoms with Crippen LogP contribution < -0.4 is 10.9 Å². The van der Waals surface area contributed by atoms with Gasteiger partial charge < -0.3 is 10.3 Å². The summed E-state index contributed by atoms with van der Waals surface area (Å²) in [5, 5.41) is 3.57. The molecule has 0 radical (unpaired) electrons. The lowest BCUT2D eigenvalue weighted by molar-refractivity contribution is -0.121. The maximum atomic E-state index is 12.3. The number of carbonyl (C=O) groups excluding carboxylic acids is 3. The third kappa shape index (κ3) is 3.18. The Morgan fingerprint density at radius 3 is 2.29 bits per heavy atom. The molecule has 2 aromatic carbocycles.